The number of carbonyl (C=O) groups is 4. The number of anilines is 1. The number of nitrogens with one attached hydrogen (secondary N) is 2. The molecule has 0 atom stereocenters. The second-order valence-electron chi connectivity index (χ2n) is 7.09. The molecule has 0 saturated carbocycles. The van der Waals surface area contributed by atoms with Gasteiger partial charge in [0.15, 0.2) is 0 Å². The highest BCUT2D eigenvalue weighted by molar-refractivity contribution is 6.15. The van der Waals surface area contributed by atoms with Gasteiger partial charge in [-0.3, -0.25) is 9.59 Å². The molecule has 1 aromatic heterocycles. The summed E-state index contributed by atoms with van der Waals surface area (Å²) in [7, 11) is 0. The van der Waals surface area contributed by atoms with Gasteiger partial charge in [-0.2, -0.15) is 0 Å². The SMILES string of the molecule is O=C(CN1C(=O)N/C(=C\c2cccn2-c2cccc(C(=O)O)c2)C1=O)Nc1ccc(F)cc1. The number of amides is 4. The van der Waals surface area contributed by atoms with Crippen LogP contribution in [0, 0.1) is 5.82 Å². The summed E-state index contributed by atoms with van der Waals surface area (Å²) in [5.74, 6) is -2.85. The van der Waals surface area contributed by atoms with Crippen LogP contribution < -0.4 is 10.6 Å². The topological polar surface area (TPSA) is 121 Å². The van der Waals surface area contributed by atoms with Gasteiger partial charge in [0.25, 0.3) is 5.91 Å². The zero-order chi connectivity index (χ0) is 23.5. The molecule has 0 aliphatic carbocycles. The van der Waals surface area contributed by atoms with E-state index in [1.807, 2.05) is 0 Å². The molecule has 1 aliphatic rings. The van der Waals surface area contributed by atoms with Gasteiger partial charge in [0, 0.05) is 23.3 Å². The summed E-state index contributed by atoms with van der Waals surface area (Å²) in [6.45, 7) is -0.527. The molecule has 0 spiro atoms. The van der Waals surface area contributed by atoms with Crippen LogP contribution in [0.5, 0.6) is 0 Å². The summed E-state index contributed by atoms with van der Waals surface area (Å²) in [6.07, 6.45) is 3.12. The van der Waals surface area contributed by atoms with Gasteiger partial charge in [0.1, 0.15) is 18.1 Å². The normalized spacial score (nSPS) is 14.5. The molecule has 0 unspecified atom stereocenters. The monoisotopic (exact) mass is 448 g/mol. The van der Waals surface area contributed by atoms with Gasteiger partial charge in [0.2, 0.25) is 5.91 Å². The molecule has 166 valence electrons. The van der Waals surface area contributed by atoms with Crippen LogP contribution in [0.4, 0.5) is 14.9 Å². The number of carbonyl (C=O) groups excluding carboxylic acids is 3. The van der Waals surface area contributed by atoms with E-state index in [-0.39, 0.29) is 11.3 Å². The Balaban J connectivity index is 1.51. The van der Waals surface area contributed by atoms with Gasteiger partial charge in [-0.1, -0.05) is 6.07 Å². The van der Waals surface area contributed by atoms with E-state index in [1.165, 1.54) is 42.5 Å². The maximum atomic E-state index is 13.0. The van der Waals surface area contributed by atoms with Crippen LogP contribution in [0.3, 0.4) is 0 Å². The Labute approximate surface area is 186 Å². The van der Waals surface area contributed by atoms with Crippen molar-refractivity contribution in [3.8, 4) is 5.69 Å². The highest BCUT2D eigenvalue weighted by Gasteiger charge is 2.35. The second-order valence-corrected chi connectivity index (χ2v) is 7.09. The maximum Gasteiger partial charge on any atom is 0.335 e. The van der Waals surface area contributed by atoms with Crippen LogP contribution >= 0.6 is 0 Å². The van der Waals surface area contributed by atoms with Crippen LogP contribution in [-0.4, -0.2) is 44.9 Å². The van der Waals surface area contributed by atoms with Gasteiger partial charge < -0.3 is 20.3 Å². The van der Waals surface area contributed by atoms with Gasteiger partial charge in [0.05, 0.1) is 5.56 Å². The number of nitrogens with zero attached hydrogens (tertiary/aromatic N) is 2. The molecule has 4 rings (SSSR count). The quantitative estimate of drug-likeness (QED) is 0.396. The summed E-state index contributed by atoms with van der Waals surface area (Å²) in [5.41, 5.74) is 1.45. The molecule has 3 N–H and O–H groups in total. The molecule has 4 amide bonds. The maximum absolute atomic E-state index is 13.0. The average Bonchev–Trinajstić information content (AvgIpc) is 3.35. The van der Waals surface area contributed by atoms with E-state index in [1.54, 1.807) is 35.0 Å². The summed E-state index contributed by atoms with van der Waals surface area (Å²) >= 11 is 0. The minimum absolute atomic E-state index is 0.0380. The van der Waals surface area contributed by atoms with Crippen molar-refractivity contribution in [3.63, 3.8) is 0 Å². The minimum atomic E-state index is -1.07. The van der Waals surface area contributed by atoms with Crippen LogP contribution in [0.15, 0.2) is 72.6 Å². The zero-order valence-corrected chi connectivity index (χ0v) is 17.0. The van der Waals surface area contributed by atoms with Crippen LogP contribution in [0.25, 0.3) is 11.8 Å². The Kier molecular flexibility index (Phi) is 5.73. The van der Waals surface area contributed by atoms with Gasteiger partial charge in [-0.05, 0) is 60.7 Å². The average molecular weight is 448 g/mol. The van der Waals surface area contributed by atoms with Crippen molar-refractivity contribution in [1.82, 2.24) is 14.8 Å². The number of hydrogen-bond acceptors (Lipinski definition) is 4. The van der Waals surface area contributed by atoms with E-state index in [4.69, 9.17) is 0 Å². The van der Waals surface area contributed by atoms with Crippen molar-refractivity contribution in [2.75, 3.05) is 11.9 Å². The number of imide groups is 1. The van der Waals surface area contributed by atoms with E-state index in [9.17, 15) is 28.7 Å². The summed E-state index contributed by atoms with van der Waals surface area (Å²) in [5, 5.41) is 14.1. The number of aromatic nitrogens is 1. The number of carboxylic acid groups (broad SMARTS) is 1. The van der Waals surface area contributed by atoms with Crippen molar-refractivity contribution in [3.05, 3.63) is 89.6 Å². The first-order valence-corrected chi connectivity index (χ1v) is 9.73. The number of halogens is 1. The molecule has 0 radical (unpaired) electrons. The molecule has 2 heterocycles. The number of benzene rings is 2. The van der Waals surface area contributed by atoms with Gasteiger partial charge in [-0.15, -0.1) is 0 Å². The largest absolute Gasteiger partial charge is 0.478 e. The molecule has 9 nitrogen and oxygen atoms in total. The fourth-order valence-corrected chi connectivity index (χ4v) is 3.28. The highest BCUT2D eigenvalue weighted by Crippen LogP contribution is 2.19. The van der Waals surface area contributed by atoms with E-state index in [2.05, 4.69) is 10.6 Å². The van der Waals surface area contributed by atoms with E-state index in [0.29, 0.717) is 17.1 Å². The second kappa shape index (κ2) is 8.79. The predicted molar refractivity (Wildman–Crippen MR) is 116 cm³/mol. The molecule has 1 aliphatic heterocycles. The Bertz CT molecular complexity index is 1300. The first-order chi connectivity index (χ1) is 15.8. The molecule has 1 saturated heterocycles. The lowest BCUT2D eigenvalue weighted by molar-refractivity contribution is -0.127. The highest BCUT2D eigenvalue weighted by atomic mass is 19.1. The number of aromatic carboxylic acids is 1. The lowest BCUT2D eigenvalue weighted by Gasteiger charge is -2.12. The van der Waals surface area contributed by atoms with Crippen molar-refractivity contribution < 1.29 is 28.7 Å². The number of hydrogen-bond donors (Lipinski definition) is 3. The lowest BCUT2D eigenvalue weighted by atomic mass is 10.2. The van der Waals surface area contributed by atoms with Crippen LogP contribution in [-0.2, 0) is 9.59 Å². The smallest absolute Gasteiger partial charge is 0.335 e. The predicted octanol–water partition coefficient (Wildman–Crippen LogP) is 2.85. The first kappa shape index (κ1) is 21.5. The zero-order valence-electron chi connectivity index (χ0n) is 17.0. The Morgan fingerprint density at radius 1 is 1.06 bits per heavy atom. The number of carboxylic acids is 1. The van der Waals surface area contributed by atoms with Crippen molar-refractivity contribution in [2.24, 2.45) is 0 Å². The van der Waals surface area contributed by atoms with Crippen molar-refractivity contribution >= 4 is 35.6 Å². The lowest BCUT2D eigenvalue weighted by Crippen LogP contribution is -2.38. The third-order valence-electron chi connectivity index (χ3n) is 4.84. The number of urea groups is 1. The molecular weight excluding hydrogens is 431 g/mol. The fourth-order valence-electron chi connectivity index (χ4n) is 3.28. The molecule has 33 heavy (non-hydrogen) atoms. The minimum Gasteiger partial charge on any atom is -0.478 e. The van der Waals surface area contributed by atoms with Gasteiger partial charge in [-0.25, -0.2) is 18.9 Å². The summed E-state index contributed by atoms with van der Waals surface area (Å²) in [6, 6.07) is 13.9. The Hall–Kier alpha value is -4.73. The van der Waals surface area contributed by atoms with Crippen molar-refractivity contribution in [2.45, 2.75) is 0 Å². The molecule has 1 fully saturated rings. The summed E-state index contributed by atoms with van der Waals surface area (Å²) < 4.78 is 14.6. The Morgan fingerprint density at radius 2 is 1.82 bits per heavy atom. The molecule has 10 heteroatoms. The molecule has 3 aromatic rings. The Morgan fingerprint density at radius 3 is 2.55 bits per heavy atom. The standard InChI is InChI=1S/C23H17FN4O5/c24-15-6-8-16(9-7-15)25-20(29)13-28-21(30)19(26-23(28)33)12-18-5-2-10-27(18)17-4-1-3-14(11-17)22(31)32/h1-12H,13H2,(H,25,29)(H,26,33)(H,31,32)/b19-12-. The van der Waals surface area contributed by atoms with Crippen LogP contribution in [0.2, 0.25) is 0 Å². The third-order valence-corrected chi connectivity index (χ3v) is 4.84. The van der Waals surface area contributed by atoms with Gasteiger partial charge >= 0.3 is 12.0 Å². The van der Waals surface area contributed by atoms with E-state index >= 15 is 0 Å². The number of rotatable bonds is 6. The van der Waals surface area contributed by atoms with Crippen LogP contribution in [0.1, 0.15) is 16.1 Å². The fraction of sp³-hybridized carbons (Fsp3) is 0.0435. The molecule has 0 bridgehead atoms. The molecule has 2 aromatic carbocycles. The van der Waals surface area contributed by atoms with Crippen molar-refractivity contribution in [1.29, 1.82) is 0 Å². The third kappa shape index (κ3) is 4.64. The van der Waals surface area contributed by atoms with E-state index < -0.39 is 36.2 Å². The van der Waals surface area contributed by atoms with E-state index in [0.717, 1.165) is 4.90 Å². The summed E-state index contributed by atoms with van der Waals surface area (Å²) in [4.78, 5) is 49.3. The molecular formula is C23H17FN4O5. The first-order valence-electron chi connectivity index (χ1n) is 9.73.